The lowest BCUT2D eigenvalue weighted by molar-refractivity contribution is -0.147. The highest BCUT2D eigenvalue weighted by atomic mass is 16.5. The molecule has 26 heavy (non-hydrogen) atoms. The van der Waals surface area contributed by atoms with Crippen molar-refractivity contribution in [3.8, 4) is 0 Å². The van der Waals surface area contributed by atoms with Crippen LogP contribution in [0.2, 0.25) is 0 Å². The van der Waals surface area contributed by atoms with E-state index in [1.807, 2.05) is 6.92 Å². The molecule has 0 bridgehead atoms. The molecule has 1 aliphatic heterocycles. The summed E-state index contributed by atoms with van der Waals surface area (Å²) in [6.45, 7) is 3.99. The largest absolute Gasteiger partial charge is 0.396 e. The summed E-state index contributed by atoms with van der Waals surface area (Å²) in [6, 6.07) is 0. The van der Waals surface area contributed by atoms with Crippen LogP contribution in [0.5, 0.6) is 0 Å². The number of hydrogen-bond acceptors (Lipinski definition) is 8. The van der Waals surface area contributed by atoms with Crippen LogP contribution < -0.4 is 10.6 Å². The predicted molar refractivity (Wildman–Crippen MR) is 89.6 cm³/mol. The molecule has 0 aliphatic carbocycles. The number of rotatable bonds is 13. The Hall–Kier alpha value is -1.88. The number of Topliss-reactive ketones (excluding diaryl/α,β-unsaturated/α-hetero) is 1. The molecule has 148 valence electrons. The van der Waals surface area contributed by atoms with Gasteiger partial charge in [0.2, 0.25) is 23.5 Å². The Morgan fingerprint density at radius 2 is 2.12 bits per heavy atom. The first kappa shape index (κ1) is 22.2. The maximum atomic E-state index is 12.4. The van der Waals surface area contributed by atoms with Gasteiger partial charge in [-0.25, -0.2) is 0 Å². The molecule has 3 amide bonds. The summed E-state index contributed by atoms with van der Waals surface area (Å²) in [4.78, 5) is 48.7. The maximum Gasteiger partial charge on any atom is 0.232 e. The number of likely N-dealkylation sites (tertiary alicyclic amines) is 1. The molecule has 0 aromatic carbocycles. The number of hydrogen-bond donors (Lipinski definition) is 3. The molecular formula is C16H27N3O7. The summed E-state index contributed by atoms with van der Waals surface area (Å²) >= 11 is 0. The first-order valence-corrected chi connectivity index (χ1v) is 8.57. The molecule has 1 fully saturated rings. The minimum absolute atomic E-state index is 0.0653. The quantitative estimate of drug-likeness (QED) is 0.199. The van der Waals surface area contributed by atoms with E-state index in [-0.39, 0.29) is 26.1 Å². The van der Waals surface area contributed by atoms with E-state index in [9.17, 15) is 19.2 Å². The molecule has 3 N–H and O–H groups in total. The second kappa shape index (κ2) is 11.7. The van der Waals surface area contributed by atoms with Crippen molar-refractivity contribution in [2.24, 2.45) is 5.92 Å². The van der Waals surface area contributed by atoms with E-state index in [4.69, 9.17) is 14.6 Å². The number of nitrogens with zero attached hydrogens (tertiary/aromatic N) is 1. The van der Waals surface area contributed by atoms with Crippen LogP contribution in [0.3, 0.4) is 0 Å². The van der Waals surface area contributed by atoms with Crippen molar-refractivity contribution in [3.05, 3.63) is 0 Å². The Bertz CT molecular complexity index is 512. The molecule has 0 saturated carbocycles. The van der Waals surface area contributed by atoms with Crippen LogP contribution in [-0.2, 0) is 28.7 Å². The van der Waals surface area contributed by atoms with Crippen LogP contribution in [0, 0.1) is 5.92 Å². The molecule has 1 heterocycles. The smallest absolute Gasteiger partial charge is 0.232 e. The minimum Gasteiger partial charge on any atom is -0.396 e. The highest BCUT2D eigenvalue weighted by Crippen LogP contribution is 2.18. The van der Waals surface area contributed by atoms with Gasteiger partial charge in [-0.1, -0.05) is 6.92 Å². The summed E-state index contributed by atoms with van der Waals surface area (Å²) < 4.78 is 10.5. The first-order chi connectivity index (χ1) is 12.4. The van der Waals surface area contributed by atoms with Gasteiger partial charge >= 0.3 is 0 Å². The summed E-state index contributed by atoms with van der Waals surface area (Å²) in [5, 5.41) is 14.1. The van der Waals surface area contributed by atoms with Crippen molar-refractivity contribution in [3.63, 3.8) is 0 Å². The lowest BCUT2D eigenvalue weighted by Gasteiger charge is -2.21. The van der Waals surface area contributed by atoms with Gasteiger partial charge in [0.05, 0.1) is 26.5 Å². The summed E-state index contributed by atoms with van der Waals surface area (Å²) in [5.41, 5.74) is 0. The zero-order valence-corrected chi connectivity index (χ0v) is 15.2. The number of amides is 3. The number of carbonyl (C=O) groups excluding carboxylic acids is 4. The number of ether oxygens (including phenoxy) is 2. The summed E-state index contributed by atoms with van der Waals surface area (Å²) in [6.07, 6.45) is -1.43. The average molecular weight is 373 g/mol. The lowest BCUT2D eigenvalue weighted by atomic mass is 10.1. The predicted octanol–water partition coefficient (Wildman–Crippen LogP) is -1.62. The summed E-state index contributed by atoms with van der Waals surface area (Å²) in [7, 11) is 0. The van der Waals surface area contributed by atoms with Crippen molar-refractivity contribution in [1.29, 1.82) is 0 Å². The van der Waals surface area contributed by atoms with Crippen LogP contribution in [0.25, 0.3) is 0 Å². The van der Waals surface area contributed by atoms with Crippen molar-refractivity contribution in [2.75, 3.05) is 39.6 Å². The van der Waals surface area contributed by atoms with Gasteiger partial charge in [0, 0.05) is 31.9 Å². The molecule has 10 heteroatoms. The van der Waals surface area contributed by atoms with Gasteiger partial charge in [0.1, 0.15) is 0 Å². The van der Waals surface area contributed by atoms with Crippen LogP contribution in [0.1, 0.15) is 26.7 Å². The zero-order valence-electron chi connectivity index (χ0n) is 15.2. The molecule has 0 spiro atoms. The van der Waals surface area contributed by atoms with Crippen molar-refractivity contribution in [1.82, 2.24) is 15.5 Å². The SMILES string of the molecule is CCOCNCCOC(NC(=O)CCO)C(=O)CN1C(=O)CC(C)C1=O. The van der Waals surface area contributed by atoms with Crippen molar-refractivity contribution in [2.45, 2.75) is 32.9 Å². The Labute approximate surface area is 152 Å². The van der Waals surface area contributed by atoms with E-state index in [2.05, 4.69) is 10.6 Å². The Morgan fingerprint density at radius 3 is 2.69 bits per heavy atom. The number of aliphatic hydroxyl groups excluding tert-OH is 1. The molecule has 2 unspecified atom stereocenters. The van der Waals surface area contributed by atoms with Crippen LogP contribution in [-0.4, -0.2) is 79.4 Å². The lowest BCUT2D eigenvalue weighted by Crippen LogP contribution is -2.49. The Balaban J connectivity index is 2.58. The minimum atomic E-state index is -1.31. The standard InChI is InChI=1S/C16H27N3O7/c1-3-25-10-17-5-7-26-15(18-13(22)4-6-20)12(21)9-19-14(23)8-11(2)16(19)24/h11,15,17,20H,3-10H2,1-2H3,(H,18,22). The Morgan fingerprint density at radius 1 is 1.38 bits per heavy atom. The van der Waals surface area contributed by atoms with Gasteiger partial charge in [0.15, 0.2) is 6.23 Å². The third-order valence-electron chi connectivity index (χ3n) is 3.68. The number of aliphatic hydroxyl groups is 1. The molecule has 0 radical (unpaired) electrons. The van der Waals surface area contributed by atoms with E-state index in [1.165, 1.54) is 0 Å². The first-order valence-electron chi connectivity index (χ1n) is 8.57. The van der Waals surface area contributed by atoms with E-state index in [0.717, 1.165) is 4.90 Å². The average Bonchev–Trinajstić information content (AvgIpc) is 2.83. The zero-order chi connectivity index (χ0) is 19.5. The van der Waals surface area contributed by atoms with Crippen molar-refractivity contribution < 1.29 is 33.8 Å². The van der Waals surface area contributed by atoms with Gasteiger partial charge in [-0.15, -0.1) is 0 Å². The van der Waals surface area contributed by atoms with Gasteiger partial charge < -0.3 is 19.9 Å². The number of nitrogens with one attached hydrogen (secondary N) is 2. The second-order valence-electron chi connectivity index (χ2n) is 5.82. The van der Waals surface area contributed by atoms with E-state index < -0.39 is 42.2 Å². The molecule has 0 aromatic heterocycles. The molecular weight excluding hydrogens is 346 g/mol. The van der Waals surface area contributed by atoms with E-state index in [1.54, 1.807) is 6.92 Å². The number of carbonyl (C=O) groups is 4. The third-order valence-corrected chi connectivity index (χ3v) is 3.68. The molecule has 1 saturated heterocycles. The molecule has 2 atom stereocenters. The van der Waals surface area contributed by atoms with E-state index >= 15 is 0 Å². The normalized spacial score (nSPS) is 18.3. The van der Waals surface area contributed by atoms with Gasteiger partial charge in [0.25, 0.3) is 0 Å². The maximum absolute atomic E-state index is 12.4. The fraction of sp³-hybridized carbons (Fsp3) is 0.750. The molecule has 10 nitrogen and oxygen atoms in total. The van der Waals surface area contributed by atoms with Crippen molar-refractivity contribution >= 4 is 23.5 Å². The van der Waals surface area contributed by atoms with Crippen LogP contribution >= 0.6 is 0 Å². The number of imide groups is 1. The van der Waals surface area contributed by atoms with E-state index in [0.29, 0.717) is 19.9 Å². The summed E-state index contributed by atoms with van der Waals surface area (Å²) in [5.74, 6) is -2.48. The fourth-order valence-electron chi connectivity index (χ4n) is 2.28. The third kappa shape index (κ3) is 7.16. The Kier molecular flexibility index (Phi) is 9.96. The van der Waals surface area contributed by atoms with Crippen LogP contribution in [0.15, 0.2) is 0 Å². The van der Waals surface area contributed by atoms with Gasteiger partial charge in [-0.3, -0.25) is 29.4 Å². The topological polar surface area (TPSA) is 134 Å². The number of ketones is 1. The van der Waals surface area contributed by atoms with Gasteiger partial charge in [-0.05, 0) is 6.92 Å². The highest BCUT2D eigenvalue weighted by Gasteiger charge is 2.38. The fourth-order valence-corrected chi connectivity index (χ4v) is 2.28. The van der Waals surface area contributed by atoms with Gasteiger partial charge in [-0.2, -0.15) is 0 Å². The van der Waals surface area contributed by atoms with Crippen LogP contribution in [0.4, 0.5) is 0 Å². The molecule has 1 rings (SSSR count). The molecule has 0 aromatic rings. The second-order valence-corrected chi connectivity index (χ2v) is 5.82. The molecule has 1 aliphatic rings. The highest BCUT2D eigenvalue weighted by molar-refractivity contribution is 6.06. The monoisotopic (exact) mass is 373 g/mol.